The number of nitrogens with one attached hydrogen (secondary N) is 2. The number of halogens is 1. The van der Waals surface area contributed by atoms with Gasteiger partial charge in [-0.15, -0.1) is 23.7 Å². The second-order valence-electron chi connectivity index (χ2n) is 2.66. The Morgan fingerprint density at radius 3 is 2.80 bits per heavy atom. The molecule has 0 spiro atoms. The van der Waals surface area contributed by atoms with Crippen molar-refractivity contribution in [2.75, 3.05) is 32.6 Å². The Kier molecular flexibility index (Phi) is 7.11. The normalized spacial score (nSPS) is 9.20. The number of hydrogen-bond acceptors (Lipinski definition) is 4. The van der Waals surface area contributed by atoms with Crippen molar-refractivity contribution in [1.82, 2.24) is 5.32 Å². The van der Waals surface area contributed by atoms with Crippen LogP contribution in [0.4, 0.5) is 5.00 Å². The van der Waals surface area contributed by atoms with Gasteiger partial charge in [0, 0.05) is 20.7 Å². The van der Waals surface area contributed by atoms with Gasteiger partial charge in [-0.2, -0.15) is 0 Å². The summed E-state index contributed by atoms with van der Waals surface area (Å²) in [4.78, 5) is 12.2. The minimum absolute atomic E-state index is 0. The SMILES string of the molecule is CNc1ccc(C(=O)NCCOC)s1.Cl. The third-order valence-electron chi connectivity index (χ3n) is 1.67. The molecule has 1 rings (SSSR count). The van der Waals surface area contributed by atoms with E-state index in [0.717, 1.165) is 5.00 Å². The Bertz CT molecular complexity index is 304. The summed E-state index contributed by atoms with van der Waals surface area (Å²) in [5.74, 6) is -0.0476. The number of methoxy groups -OCH3 is 1. The van der Waals surface area contributed by atoms with Gasteiger partial charge in [0.25, 0.3) is 5.91 Å². The number of amides is 1. The van der Waals surface area contributed by atoms with Crippen LogP contribution >= 0.6 is 23.7 Å². The molecule has 1 aromatic rings. The van der Waals surface area contributed by atoms with Crippen LogP contribution in [0.25, 0.3) is 0 Å². The first kappa shape index (κ1) is 14.2. The van der Waals surface area contributed by atoms with E-state index in [1.54, 1.807) is 13.2 Å². The van der Waals surface area contributed by atoms with Crippen molar-refractivity contribution in [2.45, 2.75) is 0 Å². The van der Waals surface area contributed by atoms with Crippen molar-refractivity contribution in [2.24, 2.45) is 0 Å². The van der Waals surface area contributed by atoms with Gasteiger partial charge in [-0.25, -0.2) is 0 Å². The van der Waals surface area contributed by atoms with Crippen LogP contribution in [0.1, 0.15) is 9.67 Å². The van der Waals surface area contributed by atoms with E-state index in [1.165, 1.54) is 11.3 Å². The van der Waals surface area contributed by atoms with Crippen LogP contribution in [-0.4, -0.2) is 33.2 Å². The highest BCUT2D eigenvalue weighted by molar-refractivity contribution is 7.17. The molecule has 1 amide bonds. The molecule has 0 bridgehead atoms. The Hall–Kier alpha value is -0.780. The molecule has 0 aliphatic rings. The predicted octanol–water partition coefficient (Wildman–Crippen LogP) is 1.59. The average Bonchev–Trinajstić information content (AvgIpc) is 2.66. The van der Waals surface area contributed by atoms with Gasteiger partial charge in [-0.05, 0) is 12.1 Å². The van der Waals surface area contributed by atoms with E-state index in [2.05, 4.69) is 10.6 Å². The van der Waals surface area contributed by atoms with E-state index in [9.17, 15) is 4.79 Å². The van der Waals surface area contributed by atoms with Crippen molar-refractivity contribution in [3.63, 3.8) is 0 Å². The number of anilines is 1. The molecule has 0 aliphatic carbocycles. The first-order chi connectivity index (χ1) is 6.77. The molecular weight excluding hydrogens is 236 g/mol. The lowest BCUT2D eigenvalue weighted by Crippen LogP contribution is -2.26. The van der Waals surface area contributed by atoms with Gasteiger partial charge in [-0.3, -0.25) is 4.79 Å². The van der Waals surface area contributed by atoms with Gasteiger partial charge in [0.1, 0.15) is 0 Å². The van der Waals surface area contributed by atoms with Crippen molar-refractivity contribution in [1.29, 1.82) is 0 Å². The molecule has 2 N–H and O–H groups in total. The summed E-state index contributed by atoms with van der Waals surface area (Å²) in [6.45, 7) is 1.08. The fourth-order valence-electron chi connectivity index (χ4n) is 0.948. The van der Waals surface area contributed by atoms with Crippen LogP contribution in [0.2, 0.25) is 0 Å². The Morgan fingerprint density at radius 2 is 2.27 bits per heavy atom. The molecule has 0 radical (unpaired) electrons. The molecule has 15 heavy (non-hydrogen) atoms. The largest absolute Gasteiger partial charge is 0.383 e. The molecule has 0 fully saturated rings. The molecule has 0 atom stereocenters. The zero-order valence-electron chi connectivity index (χ0n) is 8.70. The fourth-order valence-corrected chi connectivity index (χ4v) is 1.72. The second kappa shape index (κ2) is 7.50. The minimum atomic E-state index is -0.0476. The Balaban J connectivity index is 0.00000196. The van der Waals surface area contributed by atoms with Crippen LogP contribution in [0.5, 0.6) is 0 Å². The molecule has 1 aromatic heterocycles. The summed E-state index contributed by atoms with van der Waals surface area (Å²) < 4.78 is 4.83. The molecule has 1 heterocycles. The molecule has 4 nitrogen and oxygen atoms in total. The highest BCUT2D eigenvalue weighted by Crippen LogP contribution is 2.20. The molecule has 6 heteroatoms. The molecule has 0 saturated heterocycles. The summed E-state index contributed by atoms with van der Waals surface area (Å²) in [6.07, 6.45) is 0. The molecule has 0 aromatic carbocycles. The number of rotatable bonds is 5. The van der Waals surface area contributed by atoms with Gasteiger partial charge in [0.05, 0.1) is 16.5 Å². The smallest absolute Gasteiger partial charge is 0.261 e. The lowest BCUT2D eigenvalue weighted by atomic mass is 10.4. The lowest BCUT2D eigenvalue weighted by molar-refractivity contribution is 0.0941. The zero-order valence-corrected chi connectivity index (χ0v) is 10.3. The summed E-state index contributed by atoms with van der Waals surface area (Å²) in [5, 5.41) is 6.73. The first-order valence-electron chi connectivity index (χ1n) is 4.32. The molecule has 0 unspecified atom stereocenters. The Labute approximate surface area is 99.4 Å². The fraction of sp³-hybridized carbons (Fsp3) is 0.444. The van der Waals surface area contributed by atoms with Crippen molar-refractivity contribution >= 4 is 34.7 Å². The summed E-state index contributed by atoms with van der Waals surface area (Å²) in [5.41, 5.74) is 0. The maximum Gasteiger partial charge on any atom is 0.261 e. The van der Waals surface area contributed by atoms with Crippen LogP contribution < -0.4 is 10.6 Å². The maximum atomic E-state index is 11.5. The number of hydrogen-bond donors (Lipinski definition) is 2. The number of carbonyl (C=O) groups is 1. The highest BCUT2D eigenvalue weighted by atomic mass is 35.5. The van der Waals surface area contributed by atoms with Crippen molar-refractivity contribution in [3.8, 4) is 0 Å². The van der Waals surface area contributed by atoms with E-state index in [1.807, 2.05) is 13.1 Å². The maximum absolute atomic E-state index is 11.5. The van der Waals surface area contributed by atoms with Gasteiger partial charge in [0.15, 0.2) is 0 Å². The van der Waals surface area contributed by atoms with Crippen LogP contribution in [-0.2, 0) is 4.74 Å². The summed E-state index contributed by atoms with van der Waals surface area (Å²) >= 11 is 1.44. The summed E-state index contributed by atoms with van der Waals surface area (Å²) in [6, 6.07) is 3.69. The standard InChI is InChI=1S/C9H14N2O2S.ClH/c1-10-8-4-3-7(14-8)9(12)11-5-6-13-2;/h3-4,10H,5-6H2,1-2H3,(H,11,12);1H. The summed E-state index contributed by atoms with van der Waals surface area (Å²) in [7, 11) is 3.44. The number of ether oxygens (including phenoxy) is 1. The Morgan fingerprint density at radius 1 is 1.53 bits per heavy atom. The number of thiophene rings is 1. The van der Waals surface area contributed by atoms with E-state index < -0.39 is 0 Å². The molecule has 86 valence electrons. The lowest BCUT2D eigenvalue weighted by Gasteiger charge is -2.01. The third-order valence-corrected chi connectivity index (χ3v) is 2.77. The van der Waals surface area contributed by atoms with Gasteiger partial charge < -0.3 is 15.4 Å². The van der Waals surface area contributed by atoms with Crippen LogP contribution in [0, 0.1) is 0 Å². The van der Waals surface area contributed by atoms with E-state index in [4.69, 9.17) is 4.74 Å². The van der Waals surface area contributed by atoms with Crippen molar-refractivity contribution in [3.05, 3.63) is 17.0 Å². The molecule has 0 saturated carbocycles. The van der Waals surface area contributed by atoms with E-state index in [-0.39, 0.29) is 18.3 Å². The van der Waals surface area contributed by atoms with Gasteiger partial charge >= 0.3 is 0 Å². The monoisotopic (exact) mass is 250 g/mol. The van der Waals surface area contributed by atoms with E-state index >= 15 is 0 Å². The number of carbonyl (C=O) groups excluding carboxylic acids is 1. The van der Waals surface area contributed by atoms with Crippen LogP contribution in [0.3, 0.4) is 0 Å². The van der Waals surface area contributed by atoms with Crippen molar-refractivity contribution < 1.29 is 9.53 Å². The predicted molar refractivity (Wildman–Crippen MR) is 65.3 cm³/mol. The molecular formula is C9H15ClN2O2S. The quantitative estimate of drug-likeness (QED) is 0.781. The minimum Gasteiger partial charge on any atom is -0.383 e. The first-order valence-corrected chi connectivity index (χ1v) is 5.14. The third kappa shape index (κ3) is 4.51. The topological polar surface area (TPSA) is 50.4 Å². The second-order valence-corrected chi connectivity index (χ2v) is 3.75. The van der Waals surface area contributed by atoms with Gasteiger partial charge in [0.2, 0.25) is 0 Å². The average molecular weight is 251 g/mol. The zero-order chi connectivity index (χ0) is 10.4. The van der Waals surface area contributed by atoms with E-state index in [0.29, 0.717) is 18.0 Å². The van der Waals surface area contributed by atoms with Crippen LogP contribution in [0.15, 0.2) is 12.1 Å². The molecule has 0 aliphatic heterocycles. The van der Waals surface area contributed by atoms with Gasteiger partial charge in [-0.1, -0.05) is 0 Å². The highest BCUT2D eigenvalue weighted by Gasteiger charge is 2.07.